The zero-order valence-corrected chi connectivity index (χ0v) is 26.6. The van der Waals surface area contributed by atoms with Crippen LogP contribution in [-0.4, -0.2) is 46.9 Å². The fourth-order valence-electron chi connectivity index (χ4n) is 11.1. The van der Waals surface area contributed by atoms with Crippen LogP contribution in [0, 0.1) is 45.3 Å². The molecule has 4 fully saturated rings. The number of allylic oxidation sites excluding steroid dienone is 2. The van der Waals surface area contributed by atoms with Crippen LogP contribution in [0.2, 0.25) is 0 Å². The number of hydrogen-bond donors (Lipinski definition) is 3. The van der Waals surface area contributed by atoms with Gasteiger partial charge < -0.3 is 20.3 Å². The van der Waals surface area contributed by atoms with Crippen molar-refractivity contribution in [1.82, 2.24) is 5.32 Å². The SMILES string of the molecule is CC(C)=CCC[C@](C)(O)[C@H]1CC[C@@]2(C)[C@H]1CCC1[C@@]3(C)CCC(NC(=O)COCC(=O)O)C(C)(C)C3CC[C@]12C. The van der Waals surface area contributed by atoms with Crippen molar-refractivity contribution >= 4 is 11.9 Å². The third kappa shape index (κ3) is 5.29. The number of carbonyl (C=O) groups excluding carboxylic acids is 1. The Morgan fingerprint density at radius 1 is 0.925 bits per heavy atom. The maximum atomic E-state index is 12.6. The number of aliphatic hydroxyl groups is 1. The van der Waals surface area contributed by atoms with Gasteiger partial charge in [0.2, 0.25) is 5.91 Å². The number of aliphatic carboxylic acids is 1. The van der Waals surface area contributed by atoms with Crippen molar-refractivity contribution in [2.75, 3.05) is 13.2 Å². The summed E-state index contributed by atoms with van der Waals surface area (Å²) in [5.41, 5.74) is 1.37. The lowest BCUT2D eigenvalue weighted by Crippen LogP contribution is -2.65. The Labute approximate surface area is 243 Å². The van der Waals surface area contributed by atoms with Crippen LogP contribution in [0.1, 0.15) is 120 Å². The Hall–Kier alpha value is -1.40. The predicted molar refractivity (Wildman–Crippen MR) is 159 cm³/mol. The van der Waals surface area contributed by atoms with Gasteiger partial charge in [-0.25, -0.2) is 4.79 Å². The molecular formula is C34H57NO5. The average molecular weight is 560 g/mol. The summed E-state index contributed by atoms with van der Waals surface area (Å²) in [6.07, 6.45) is 13.3. The molecule has 0 saturated heterocycles. The lowest BCUT2D eigenvalue weighted by Gasteiger charge is -2.70. The second kappa shape index (κ2) is 11.0. The van der Waals surface area contributed by atoms with Crippen molar-refractivity contribution in [3.8, 4) is 0 Å². The molecule has 0 radical (unpaired) electrons. The molecule has 6 heteroatoms. The minimum absolute atomic E-state index is 0.0542. The number of carboxylic acid groups (broad SMARTS) is 1. The second-order valence-corrected chi connectivity index (χ2v) is 15.9. The van der Waals surface area contributed by atoms with Crippen LogP contribution >= 0.6 is 0 Å². The van der Waals surface area contributed by atoms with E-state index in [0.717, 1.165) is 32.1 Å². The molecule has 4 aliphatic rings. The molecule has 0 spiro atoms. The molecule has 0 aromatic heterocycles. The zero-order valence-electron chi connectivity index (χ0n) is 26.6. The molecule has 0 aliphatic heterocycles. The Morgan fingerprint density at radius 3 is 2.25 bits per heavy atom. The van der Waals surface area contributed by atoms with Gasteiger partial charge in [-0.3, -0.25) is 4.79 Å². The summed E-state index contributed by atoms with van der Waals surface area (Å²) < 4.78 is 5.06. The van der Waals surface area contributed by atoms with Crippen LogP contribution in [0.25, 0.3) is 0 Å². The summed E-state index contributed by atoms with van der Waals surface area (Å²) in [4.78, 5) is 23.4. The average Bonchev–Trinajstić information content (AvgIpc) is 3.19. The minimum atomic E-state index is -1.06. The van der Waals surface area contributed by atoms with Crippen LogP contribution in [-0.2, 0) is 14.3 Å². The van der Waals surface area contributed by atoms with Crippen LogP contribution < -0.4 is 5.32 Å². The number of carbonyl (C=O) groups is 2. The lowest BCUT2D eigenvalue weighted by atomic mass is 9.35. The molecule has 4 saturated carbocycles. The first-order chi connectivity index (χ1) is 18.5. The Morgan fingerprint density at radius 2 is 1.60 bits per heavy atom. The number of ether oxygens (including phenoxy) is 1. The van der Waals surface area contributed by atoms with E-state index in [1.807, 2.05) is 0 Å². The fraction of sp³-hybridized carbons (Fsp3) is 0.882. The molecule has 6 nitrogen and oxygen atoms in total. The van der Waals surface area contributed by atoms with Crippen molar-refractivity contribution in [2.45, 2.75) is 131 Å². The molecule has 0 bridgehead atoms. The Kier molecular flexibility index (Phi) is 8.69. The molecule has 0 heterocycles. The van der Waals surface area contributed by atoms with Gasteiger partial charge >= 0.3 is 5.97 Å². The van der Waals surface area contributed by atoms with Crippen molar-refractivity contribution < 1.29 is 24.5 Å². The van der Waals surface area contributed by atoms with Crippen molar-refractivity contribution in [3.63, 3.8) is 0 Å². The van der Waals surface area contributed by atoms with Crippen molar-refractivity contribution in [1.29, 1.82) is 0 Å². The number of fused-ring (bicyclic) bond motifs is 5. The highest BCUT2D eigenvalue weighted by Gasteiger charge is 2.69. The monoisotopic (exact) mass is 559 g/mol. The Balaban J connectivity index is 1.51. The number of amides is 1. The number of carboxylic acids is 1. The van der Waals surface area contributed by atoms with E-state index in [4.69, 9.17) is 9.84 Å². The molecule has 4 aliphatic carbocycles. The van der Waals surface area contributed by atoms with E-state index in [-0.39, 0.29) is 40.2 Å². The van der Waals surface area contributed by atoms with Gasteiger partial charge in [0.05, 0.1) is 5.60 Å². The summed E-state index contributed by atoms with van der Waals surface area (Å²) in [6, 6.07) is 0.0644. The van der Waals surface area contributed by atoms with Crippen molar-refractivity contribution in [2.24, 2.45) is 45.3 Å². The summed E-state index contributed by atoms with van der Waals surface area (Å²) in [7, 11) is 0. The molecule has 1 amide bonds. The van der Waals surface area contributed by atoms with Gasteiger partial charge in [0.15, 0.2) is 0 Å². The molecule has 40 heavy (non-hydrogen) atoms. The molecular weight excluding hydrogens is 502 g/mol. The van der Waals surface area contributed by atoms with E-state index in [2.05, 4.69) is 66.8 Å². The molecule has 3 N–H and O–H groups in total. The Bertz CT molecular complexity index is 998. The quantitative estimate of drug-likeness (QED) is 0.271. The molecule has 9 atom stereocenters. The van der Waals surface area contributed by atoms with Gasteiger partial charge in [-0.2, -0.15) is 0 Å². The molecule has 0 aromatic carbocycles. The molecule has 228 valence electrons. The number of rotatable bonds is 9. The predicted octanol–water partition coefficient (Wildman–Crippen LogP) is 6.75. The minimum Gasteiger partial charge on any atom is -0.480 e. The first-order valence-electron chi connectivity index (χ1n) is 15.9. The second-order valence-electron chi connectivity index (χ2n) is 15.9. The number of hydrogen-bond acceptors (Lipinski definition) is 4. The molecule has 4 rings (SSSR count). The van der Waals surface area contributed by atoms with E-state index in [1.165, 1.54) is 37.7 Å². The van der Waals surface area contributed by atoms with Gasteiger partial charge in [-0.05, 0) is 130 Å². The van der Waals surface area contributed by atoms with Gasteiger partial charge in [-0.15, -0.1) is 0 Å². The highest BCUT2D eigenvalue weighted by molar-refractivity contribution is 5.78. The lowest BCUT2D eigenvalue weighted by molar-refractivity contribution is -0.212. The largest absolute Gasteiger partial charge is 0.480 e. The molecule has 0 aromatic rings. The van der Waals surface area contributed by atoms with Gasteiger partial charge in [0, 0.05) is 6.04 Å². The van der Waals surface area contributed by atoms with Crippen LogP contribution in [0.15, 0.2) is 11.6 Å². The fourth-order valence-corrected chi connectivity index (χ4v) is 11.1. The zero-order chi connectivity index (χ0) is 29.7. The standard InChI is InChI=1S/C34H57NO5/c1-22(2)10-9-16-34(8,39)24-13-18-32(6)23(24)11-12-26-31(5)17-15-27(35-28(36)20-40-21-29(37)38)30(3,4)25(31)14-19-33(26,32)7/h10,23-27,39H,9,11-21H2,1-8H3,(H,35,36)(H,37,38)/t23-,24-,25?,26?,27?,31-,32-,33+,34-/m0/s1. The van der Waals surface area contributed by atoms with E-state index >= 15 is 0 Å². The maximum Gasteiger partial charge on any atom is 0.329 e. The van der Waals surface area contributed by atoms with E-state index in [9.17, 15) is 14.7 Å². The third-order valence-corrected chi connectivity index (χ3v) is 13.2. The van der Waals surface area contributed by atoms with Gasteiger partial charge in [0.1, 0.15) is 13.2 Å². The highest BCUT2D eigenvalue weighted by atomic mass is 16.5. The van der Waals surface area contributed by atoms with Crippen molar-refractivity contribution in [3.05, 3.63) is 11.6 Å². The maximum absolute atomic E-state index is 12.6. The summed E-state index contributed by atoms with van der Waals surface area (Å²) in [5, 5.41) is 23.8. The summed E-state index contributed by atoms with van der Waals surface area (Å²) in [5.74, 6) is 0.828. The highest BCUT2D eigenvalue weighted by Crippen LogP contribution is 2.75. The van der Waals surface area contributed by atoms with Gasteiger partial charge in [0.25, 0.3) is 0 Å². The smallest absolute Gasteiger partial charge is 0.329 e. The number of nitrogens with one attached hydrogen (secondary N) is 1. The van der Waals surface area contributed by atoms with Crippen LogP contribution in [0.4, 0.5) is 0 Å². The summed E-state index contributed by atoms with van der Waals surface area (Å²) in [6.45, 7) is 18.1. The van der Waals surface area contributed by atoms with Crippen LogP contribution in [0.3, 0.4) is 0 Å². The third-order valence-electron chi connectivity index (χ3n) is 13.2. The van der Waals surface area contributed by atoms with Gasteiger partial charge in [-0.1, -0.05) is 46.3 Å². The topological polar surface area (TPSA) is 95.9 Å². The first-order valence-corrected chi connectivity index (χ1v) is 15.9. The summed E-state index contributed by atoms with van der Waals surface area (Å²) >= 11 is 0. The van der Waals surface area contributed by atoms with E-state index in [0.29, 0.717) is 23.7 Å². The molecule has 3 unspecified atom stereocenters. The van der Waals surface area contributed by atoms with E-state index < -0.39 is 18.2 Å². The van der Waals surface area contributed by atoms with Crippen LogP contribution in [0.5, 0.6) is 0 Å². The first kappa shape index (κ1) is 31.5. The normalized spacial score (nSPS) is 41.6. The van der Waals surface area contributed by atoms with E-state index in [1.54, 1.807) is 0 Å².